The van der Waals surface area contributed by atoms with Crippen molar-refractivity contribution in [3.05, 3.63) is 34.9 Å². The third-order valence-electron chi connectivity index (χ3n) is 2.86. The molecular formula is C15H18ClNO6. The molecule has 1 aromatic carbocycles. The summed E-state index contributed by atoms with van der Waals surface area (Å²) >= 11 is 5.80. The van der Waals surface area contributed by atoms with Crippen molar-refractivity contribution in [3.63, 3.8) is 0 Å². The van der Waals surface area contributed by atoms with E-state index in [2.05, 4.69) is 10.1 Å². The molecule has 0 aliphatic heterocycles. The van der Waals surface area contributed by atoms with Gasteiger partial charge in [-0.3, -0.25) is 9.59 Å². The van der Waals surface area contributed by atoms with Gasteiger partial charge in [0.05, 0.1) is 6.42 Å². The number of halogens is 1. The molecule has 2 N–H and O–H groups in total. The molecule has 0 fully saturated rings. The number of esters is 1. The molecule has 0 spiro atoms. The van der Waals surface area contributed by atoms with E-state index in [4.69, 9.17) is 21.4 Å². The quantitative estimate of drug-likeness (QED) is 0.582. The fourth-order valence-electron chi connectivity index (χ4n) is 1.91. The third-order valence-corrected chi connectivity index (χ3v) is 3.11. The summed E-state index contributed by atoms with van der Waals surface area (Å²) in [6, 6.07) is 6.69. The normalized spacial score (nSPS) is 12.8. The first-order valence-corrected chi connectivity index (χ1v) is 7.24. The molecule has 0 aromatic heterocycles. The number of nitrogens with one attached hydrogen (secondary N) is 1. The van der Waals surface area contributed by atoms with Crippen LogP contribution >= 0.6 is 11.6 Å². The van der Waals surface area contributed by atoms with Crippen LogP contribution in [0.5, 0.6) is 0 Å². The average molecular weight is 344 g/mol. The lowest BCUT2D eigenvalue weighted by Crippen LogP contribution is -2.33. The second-order valence-electron chi connectivity index (χ2n) is 4.81. The van der Waals surface area contributed by atoms with E-state index in [9.17, 15) is 14.4 Å². The van der Waals surface area contributed by atoms with Crippen molar-refractivity contribution in [2.45, 2.75) is 32.5 Å². The van der Waals surface area contributed by atoms with Crippen LogP contribution in [0.15, 0.2) is 24.3 Å². The topological polar surface area (TPSA) is 102 Å². The predicted molar refractivity (Wildman–Crippen MR) is 82.2 cm³/mol. The molecule has 0 radical (unpaired) electrons. The zero-order chi connectivity index (χ0) is 17.4. The second-order valence-corrected chi connectivity index (χ2v) is 5.25. The zero-order valence-corrected chi connectivity index (χ0v) is 13.5. The SMILES string of the molecule is CC(=O)OC(C)OC(=O)NC[C@H](CC(=O)O)c1ccc(Cl)cc1. The molecule has 0 saturated heterocycles. The maximum Gasteiger partial charge on any atom is 0.410 e. The van der Waals surface area contributed by atoms with Gasteiger partial charge in [-0.15, -0.1) is 0 Å². The lowest BCUT2D eigenvalue weighted by Gasteiger charge is -2.18. The third kappa shape index (κ3) is 7.51. The maximum atomic E-state index is 11.6. The van der Waals surface area contributed by atoms with E-state index in [0.29, 0.717) is 5.02 Å². The van der Waals surface area contributed by atoms with Gasteiger partial charge in [0.1, 0.15) is 0 Å². The Bertz CT molecular complexity index is 560. The molecule has 1 rings (SSSR count). The lowest BCUT2D eigenvalue weighted by molar-refractivity contribution is -0.162. The number of aliphatic carboxylic acids is 1. The minimum Gasteiger partial charge on any atom is -0.481 e. The number of carboxylic acid groups (broad SMARTS) is 1. The smallest absolute Gasteiger partial charge is 0.410 e. The number of hydrogen-bond donors (Lipinski definition) is 2. The molecule has 1 amide bonds. The predicted octanol–water partition coefficient (Wildman–Crippen LogP) is 2.53. The van der Waals surface area contributed by atoms with Crippen molar-refractivity contribution in [1.29, 1.82) is 0 Å². The number of ether oxygens (including phenoxy) is 2. The number of amides is 1. The monoisotopic (exact) mass is 343 g/mol. The molecule has 2 atom stereocenters. The summed E-state index contributed by atoms with van der Waals surface area (Å²) in [7, 11) is 0. The number of rotatable bonds is 7. The van der Waals surface area contributed by atoms with E-state index >= 15 is 0 Å². The van der Waals surface area contributed by atoms with Crippen LogP contribution in [0.25, 0.3) is 0 Å². The van der Waals surface area contributed by atoms with Crippen molar-refractivity contribution in [2.75, 3.05) is 6.54 Å². The summed E-state index contributed by atoms with van der Waals surface area (Å²) in [4.78, 5) is 33.3. The second kappa shape index (κ2) is 8.99. The van der Waals surface area contributed by atoms with Crippen molar-refractivity contribution in [3.8, 4) is 0 Å². The highest BCUT2D eigenvalue weighted by atomic mass is 35.5. The first-order valence-electron chi connectivity index (χ1n) is 6.87. The van der Waals surface area contributed by atoms with Crippen LogP contribution in [0.4, 0.5) is 4.79 Å². The fourth-order valence-corrected chi connectivity index (χ4v) is 2.04. The molecule has 0 saturated carbocycles. The number of alkyl carbamates (subject to hydrolysis) is 1. The summed E-state index contributed by atoms with van der Waals surface area (Å²) in [6.07, 6.45) is -1.99. The molecule has 8 heteroatoms. The number of carbonyl (C=O) groups is 3. The van der Waals surface area contributed by atoms with Crippen LogP contribution in [0, 0.1) is 0 Å². The van der Waals surface area contributed by atoms with E-state index in [1.807, 2.05) is 0 Å². The molecular weight excluding hydrogens is 326 g/mol. The van der Waals surface area contributed by atoms with Crippen LogP contribution in [-0.2, 0) is 19.1 Å². The summed E-state index contributed by atoms with van der Waals surface area (Å²) in [6.45, 7) is 2.65. The van der Waals surface area contributed by atoms with Gasteiger partial charge in [0.25, 0.3) is 0 Å². The number of benzene rings is 1. The maximum absolute atomic E-state index is 11.6. The van der Waals surface area contributed by atoms with E-state index in [1.165, 1.54) is 13.8 Å². The van der Waals surface area contributed by atoms with Gasteiger partial charge in [0.2, 0.25) is 6.29 Å². The van der Waals surface area contributed by atoms with Crippen LogP contribution in [0.2, 0.25) is 5.02 Å². The Labute approximate surface area is 138 Å². The van der Waals surface area contributed by atoms with Gasteiger partial charge in [-0.2, -0.15) is 0 Å². The Hall–Kier alpha value is -2.28. The van der Waals surface area contributed by atoms with E-state index in [0.717, 1.165) is 5.56 Å². The standard InChI is InChI=1S/C15H18ClNO6/c1-9(18)22-10(2)23-15(21)17-8-12(7-14(19)20)11-3-5-13(16)6-4-11/h3-6,10,12H,7-8H2,1-2H3,(H,17,21)(H,19,20)/t10?,12-/m0/s1. The van der Waals surface area contributed by atoms with Gasteiger partial charge >= 0.3 is 18.0 Å². The minimum absolute atomic E-state index is 0.0551. The van der Waals surface area contributed by atoms with Crippen molar-refractivity contribution >= 4 is 29.6 Å². The van der Waals surface area contributed by atoms with Crippen LogP contribution in [0.3, 0.4) is 0 Å². The highest BCUT2D eigenvalue weighted by molar-refractivity contribution is 6.30. The molecule has 1 aromatic rings. The number of hydrogen-bond acceptors (Lipinski definition) is 5. The highest BCUT2D eigenvalue weighted by Gasteiger charge is 2.18. The van der Waals surface area contributed by atoms with Gasteiger partial charge in [-0.1, -0.05) is 23.7 Å². The van der Waals surface area contributed by atoms with Gasteiger partial charge < -0.3 is 19.9 Å². The first kappa shape index (κ1) is 18.8. The van der Waals surface area contributed by atoms with Gasteiger partial charge in [0.15, 0.2) is 0 Å². The Kier molecular flexibility index (Phi) is 7.34. The van der Waals surface area contributed by atoms with Crippen molar-refractivity contribution in [1.82, 2.24) is 5.32 Å². The first-order chi connectivity index (χ1) is 10.8. The summed E-state index contributed by atoms with van der Waals surface area (Å²) in [5, 5.41) is 12.0. The lowest BCUT2D eigenvalue weighted by atomic mass is 9.96. The Morgan fingerprint density at radius 1 is 1.22 bits per heavy atom. The molecule has 7 nitrogen and oxygen atoms in total. The summed E-state index contributed by atoms with van der Waals surface area (Å²) in [5.41, 5.74) is 0.727. The van der Waals surface area contributed by atoms with Crippen LogP contribution in [-0.4, -0.2) is 36.0 Å². The molecule has 0 aliphatic rings. The van der Waals surface area contributed by atoms with Crippen LogP contribution < -0.4 is 5.32 Å². The summed E-state index contributed by atoms with van der Waals surface area (Å²) in [5.74, 6) is -2.01. The molecule has 0 aliphatic carbocycles. The largest absolute Gasteiger partial charge is 0.481 e. The summed E-state index contributed by atoms with van der Waals surface area (Å²) < 4.78 is 9.47. The fraction of sp³-hybridized carbons (Fsp3) is 0.400. The molecule has 0 heterocycles. The van der Waals surface area contributed by atoms with Gasteiger partial charge in [-0.25, -0.2) is 4.79 Å². The van der Waals surface area contributed by atoms with Gasteiger partial charge in [0, 0.05) is 31.3 Å². The zero-order valence-electron chi connectivity index (χ0n) is 12.7. The Morgan fingerprint density at radius 2 is 1.83 bits per heavy atom. The van der Waals surface area contributed by atoms with Crippen LogP contribution in [0.1, 0.15) is 31.7 Å². The Morgan fingerprint density at radius 3 is 2.35 bits per heavy atom. The van der Waals surface area contributed by atoms with E-state index < -0.39 is 30.2 Å². The van der Waals surface area contributed by atoms with Crippen molar-refractivity contribution < 1.29 is 29.0 Å². The molecule has 0 bridgehead atoms. The van der Waals surface area contributed by atoms with E-state index in [-0.39, 0.29) is 13.0 Å². The van der Waals surface area contributed by atoms with E-state index in [1.54, 1.807) is 24.3 Å². The molecule has 1 unspecified atom stereocenters. The highest BCUT2D eigenvalue weighted by Crippen LogP contribution is 2.21. The van der Waals surface area contributed by atoms with Crippen molar-refractivity contribution in [2.24, 2.45) is 0 Å². The average Bonchev–Trinajstić information content (AvgIpc) is 2.43. The minimum atomic E-state index is -1.03. The molecule has 23 heavy (non-hydrogen) atoms. The van der Waals surface area contributed by atoms with Gasteiger partial charge in [-0.05, 0) is 17.7 Å². The Balaban J connectivity index is 2.60. The number of carbonyl (C=O) groups excluding carboxylic acids is 2. The number of carboxylic acids is 1. The molecule has 126 valence electrons.